The summed E-state index contributed by atoms with van der Waals surface area (Å²) in [5.41, 5.74) is 2.43. The molecule has 0 bridgehead atoms. The van der Waals surface area contributed by atoms with E-state index in [9.17, 15) is 18.0 Å². The number of hydrogen-bond acceptors (Lipinski definition) is 3. The summed E-state index contributed by atoms with van der Waals surface area (Å²) in [5.74, 6) is 0. The molecule has 0 spiro atoms. The van der Waals surface area contributed by atoms with Gasteiger partial charge in [0.25, 0.3) is 6.43 Å². The van der Waals surface area contributed by atoms with E-state index >= 15 is 0 Å². The van der Waals surface area contributed by atoms with Gasteiger partial charge in [-0.3, -0.25) is 0 Å². The van der Waals surface area contributed by atoms with E-state index in [0.717, 1.165) is 0 Å². The third kappa shape index (κ3) is 4.26. The maximum absolute atomic E-state index is 14.2. The lowest BCUT2D eigenvalue weighted by atomic mass is 9.87. The van der Waals surface area contributed by atoms with Crippen LogP contribution in [0.5, 0.6) is 0 Å². The van der Waals surface area contributed by atoms with Crippen molar-refractivity contribution in [3.05, 3.63) is 0 Å². The number of halogens is 3. The van der Waals surface area contributed by atoms with Gasteiger partial charge in [0.2, 0.25) is 0 Å². The molecule has 0 aromatic rings. The second-order valence-corrected chi connectivity index (χ2v) is 5.86. The first-order valence-corrected chi connectivity index (χ1v) is 6.26. The molecule has 0 saturated carbocycles. The predicted molar refractivity (Wildman–Crippen MR) is 64.9 cm³/mol. The molecule has 4 nitrogen and oxygen atoms in total. The normalized spacial score (nSPS) is 21.4. The van der Waals surface area contributed by atoms with Gasteiger partial charge in [-0.1, -0.05) is 0 Å². The molecule has 0 aromatic heterocycles. The van der Waals surface area contributed by atoms with E-state index in [1.54, 1.807) is 20.8 Å². The number of ether oxygens (including phenoxy) is 1. The van der Waals surface area contributed by atoms with Crippen molar-refractivity contribution < 1.29 is 22.7 Å². The summed E-state index contributed by atoms with van der Waals surface area (Å²) >= 11 is 0. The molecule has 1 unspecified atom stereocenters. The van der Waals surface area contributed by atoms with Crippen LogP contribution in [0.2, 0.25) is 0 Å². The molecule has 1 aliphatic rings. The van der Waals surface area contributed by atoms with Crippen LogP contribution in [0.15, 0.2) is 0 Å². The van der Waals surface area contributed by atoms with Gasteiger partial charge in [-0.25, -0.2) is 18.0 Å². The average molecular weight is 282 g/mol. The van der Waals surface area contributed by atoms with Crippen LogP contribution in [0.25, 0.3) is 0 Å². The van der Waals surface area contributed by atoms with Gasteiger partial charge < -0.3 is 15.4 Å². The molecule has 1 heterocycles. The quantitative estimate of drug-likeness (QED) is 0.845. The van der Waals surface area contributed by atoms with Crippen molar-refractivity contribution in [3.63, 3.8) is 0 Å². The van der Waals surface area contributed by atoms with Crippen molar-refractivity contribution in [1.29, 1.82) is 0 Å². The van der Waals surface area contributed by atoms with E-state index in [0.29, 0.717) is 0 Å². The minimum atomic E-state index is -2.90. The highest BCUT2D eigenvalue weighted by Gasteiger charge is 2.45. The topological polar surface area (TPSA) is 55.6 Å². The van der Waals surface area contributed by atoms with Crippen molar-refractivity contribution in [2.24, 2.45) is 5.73 Å². The first kappa shape index (κ1) is 16.1. The molecule has 1 rings (SSSR count). The summed E-state index contributed by atoms with van der Waals surface area (Å²) in [6.45, 7) is 5.24. The van der Waals surface area contributed by atoms with E-state index in [2.05, 4.69) is 0 Å². The molecule has 7 heteroatoms. The second kappa shape index (κ2) is 5.56. The van der Waals surface area contributed by atoms with Crippen molar-refractivity contribution in [2.75, 3.05) is 13.1 Å². The Morgan fingerprint density at radius 1 is 1.32 bits per heavy atom. The van der Waals surface area contributed by atoms with Crippen molar-refractivity contribution in [1.82, 2.24) is 4.90 Å². The van der Waals surface area contributed by atoms with Crippen LogP contribution in [0.4, 0.5) is 18.0 Å². The highest BCUT2D eigenvalue weighted by atomic mass is 19.3. The fourth-order valence-corrected chi connectivity index (χ4v) is 1.95. The minimum Gasteiger partial charge on any atom is -0.444 e. The number of amides is 1. The van der Waals surface area contributed by atoms with E-state index in [1.165, 1.54) is 4.90 Å². The zero-order valence-electron chi connectivity index (χ0n) is 11.5. The molecule has 1 amide bonds. The summed E-state index contributed by atoms with van der Waals surface area (Å²) in [6.07, 6.45) is -3.85. The van der Waals surface area contributed by atoms with Gasteiger partial charge in [-0.05, 0) is 20.8 Å². The van der Waals surface area contributed by atoms with Gasteiger partial charge in [0.15, 0.2) is 0 Å². The maximum Gasteiger partial charge on any atom is 0.410 e. The van der Waals surface area contributed by atoms with E-state index in [-0.39, 0.29) is 25.9 Å². The number of nitrogens with two attached hydrogens (primary N) is 1. The van der Waals surface area contributed by atoms with Crippen molar-refractivity contribution in [3.8, 4) is 0 Å². The summed E-state index contributed by atoms with van der Waals surface area (Å²) in [5, 5.41) is 0. The monoisotopic (exact) mass is 282 g/mol. The number of rotatable bonds is 2. The zero-order chi connectivity index (χ0) is 14.8. The lowest BCUT2D eigenvalue weighted by molar-refractivity contribution is -0.0314. The number of carbonyl (C=O) groups excluding carboxylic acids is 1. The standard InChI is InChI=1S/C12H21F3N2O2/c1-11(2,3)19-10(18)17-6-4-12(15,5-7-17)8(16)9(13)14/h8-9H,4-7,16H2,1-3H3. The van der Waals surface area contributed by atoms with E-state index in [1.807, 2.05) is 0 Å². The Hall–Kier alpha value is -0.980. The smallest absolute Gasteiger partial charge is 0.410 e. The Labute approximate surface area is 111 Å². The molecule has 1 saturated heterocycles. The summed E-state index contributed by atoms with van der Waals surface area (Å²) in [4.78, 5) is 13.1. The Kier molecular flexibility index (Phi) is 4.71. The van der Waals surface area contributed by atoms with Crippen LogP contribution in [-0.4, -0.2) is 47.8 Å². The lowest BCUT2D eigenvalue weighted by Crippen LogP contribution is -2.56. The first-order valence-electron chi connectivity index (χ1n) is 6.26. The SMILES string of the molecule is CC(C)(C)OC(=O)N1CCC(F)(C(N)C(F)F)CC1. The van der Waals surface area contributed by atoms with Crippen LogP contribution in [0, 0.1) is 0 Å². The van der Waals surface area contributed by atoms with Crippen LogP contribution >= 0.6 is 0 Å². The maximum atomic E-state index is 14.2. The van der Waals surface area contributed by atoms with Gasteiger partial charge in [0, 0.05) is 25.9 Å². The Balaban J connectivity index is 2.55. The molecule has 0 aliphatic carbocycles. The molecule has 112 valence electrons. The fraction of sp³-hybridized carbons (Fsp3) is 0.917. The molecule has 2 N–H and O–H groups in total. The van der Waals surface area contributed by atoms with Crippen LogP contribution in [0.1, 0.15) is 33.6 Å². The number of nitrogens with zero attached hydrogens (tertiary/aromatic N) is 1. The van der Waals surface area contributed by atoms with E-state index < -0.39 is 29.8 Å². The molecule has 19 heavy (non-hydrogen) atoms. The molecular formula is C12H21F3N2O2. The fourth-order valence-electron chi connectivity index (χ4n) is 1.95. The van der Waals surface area contributed by atoms with E-state index in [4.69, 9.17) is 10.5 Å². The zero-order valence-corrected chi connectivity index (χ0v) is 11.5. The molecular weight excluding hydrogens is 261 g/mol. The third-order valence-electron chi connectivity index (χ3n) is 3.12. The van der Waals surface area contributed by atoms with Crippen molar-refractivity contribution in [2.45, 2.75) is 57.3 Å². The van der Waals surface area contributed by atoms with Gasteiger partial charge >= 0.3 is 6.09 Å². The molecule has 0 radical (unpaired) electrons. The van der Waals surface area contributed by atoms with Gasteiger partial charge in [-0.15, -0.1) is 0 Å². The molecule has 0 aromatic carbocycles. The minimum absolute atomic E-state index is 0.0336. The lowest BCUT2D eigenvalue weighted by Gasteiger charge is -2.39. The Morgan fingerprint density at radius 2 is 1.79 bits per heavy atom. The Morgan fingerprint density at radius 3 is 2.16 bits per heavy atom. The first-order chi connectivity index (χ1) is 8.55. The number of piperidine rings is 1. The van der Waals surface area contributed by atoms with Gasteiger partial charge in [0.05, 0.1) is 0 Å². The summed E-state index contributed by atoms with van der Waals surface area (Å²) < 4.78 is 44.3. The number of carbonyl (C=O) groups is 1. The molecule has 1 aliphatic heterocycles. The second-order valence-electron chi connectivity index (χ2n) is 5.86. The van der Waals surface area contributed by atoms with Crippen LogP contribution in [-0.2, 0) is 4.74 Å². The summed E-state index contributed by atoms with van der Waals surface area (Å²) in [6, 6.07) is -1.81. The van der Waals surface area contributed by atoms with Crippen LogP contribution in [0.3, 0.4) is 0 Å². The highest BCUT2D eigenvalue weighted by molar-refractivity contribution is 5.68. The predicted octanol–water partition coefficient (Wildman–Crippen LogP) is 2.32. The van der Waals surface area contributed by atoms with Gasteiger partial charge in [-0.2, -0.15) is 0 Å². The largest absolute Gasteiger partial charge is 0.444 e. The summed E-state index contributed by atoms with van der Waals surface area (Å²) in [7, 11) is 0. The van der Waals surface area contributed by atoms with Gasteiger partial charge in [0.1, 0.15) is 17.3 Å². The van der Waals surface area contributed by atoms with Crippen LogP contribution < -0.4 is 5.73 Å². The average Bonchev–Trinajstić information content (AvgIpc) is 2.26. The molecule has 1 fully saturated rings. The highest BCUT2D eigenvalue weighted by Crippen LogP contribution is 2.32. The number of likely N-dealkylation sites (tertiary alicyclic amines) is 1. The number of alkyl halides is 3. The number of hydrogen-bond donors (Lipinski definition) is 1. The molecule has 1 atom stereocenters. The third-order valence-corrected chi connectivity index (χ3v) is 3.12. The van der Waals surface area contributed by atoms with Crippen molar-refractivity contribution >= 4 is 6.09 Å². The Bertz CT molecular complexity index is 323.